The highest BCUT2D eigenvalue weighted by Gasteiger charge is 2.08. The minimum atomic E-state index is 1.10. The fourth-order valence-corrected chi connectivity index (χ4v) is 2.07. The standard InChI is InChI=1S/C11H15NS/c1-6-13-11-8(3)7(2)9(4)12-10(11)5/h6H,1H2,2-5H3. The molecule has 0 atom stereocenters. The minimum absolute atomic E-state index is 1.10. The zero-order valence-electron chi connectivity index (χ0n) is 8.64. The molecule has 0 unspecified atom stereocenters. The highest BCUT2D eigenvalue weighted by atomic mass is 32.2. The van der Waals surface area contributed by atoms with E-state index in [-0.39, 0.29) is 0 Å². The lowest BCUT2D eigenvalue weighted by molar-refractivity contribution is 0.999. The van der Waals surface area contributed by atoms with E-state index in [2.05, 4.69) is 32.3 Å². The first-order valence-electron chi connectivity index (χ1n) is 4.30. The van der Waals surface area contributed by atoms with Crippen LogP contribution in [0.15, 0.2) is 16.9 Å². The fraction of sp³-hybridized carbons (Fsp3) is 0.364. The summed E-state index contributed by atoms with van der Waals surface area (Å²) in [6.45, 7) is 12.1. The summed E-state index contributed by atoms with van der Waals surface area (Å²) >= 11 is 1.65. The van der Waals surface area contributed by atoms with Gasteiger partial charge in [-0.05, 0) is 44.2 Å². The second-order valence-corrected chi connectivity index (χ2v) is 4.12. The molecule has 0 aliphatic heterocycles. The SMILES string of the molecule is C=CSc1c(C)nc(C)c(C)c1C. The smallest absolute Gasteiger partial charge is 0.0517 e. The lowest BCUT2D eigenvalue weighted by atomic mass is 10.1. The van der Waals surface area contributed by atoms with Crippen LogP contribution in [0.2, 0.25) is 0 Å². The molecule has 0 saturated heterocycles. The molecule has 0 fully saturated rings. The number of thioether (sulfide) groups is 1. The van der Waals surface area contributed by atoms with Gasteiger partial charge in [0.1, 0.15) is 0 Å². The summed E-state index contributed by atoms with van der Waals surface area (Å²) in [6, 6.07) is 0. The Kier molecular flexibility index (Phi) is 3.15. The van der Waals surface area contributed by atoms with Gasteiger partial charge in [-0.2, -0.15) is 0 Å². The van der Waals surface area contributed by atoms with E-state index < -0.39 is 0 Å². The molecule has 70 valence electrons. The van der Waals surface area contributed by atoms with Crippen molar-refractivity contribution in [3.8, 4) is 0 Å². The monoisotopic (exact) mass is 193 g/mol. The molecule has 0 aliphatic carbocycles. The third-order valence-electron chi connectivity index (χ3n) is 2.31. The van der Waals surface area contributed by atoms with E-state index in [1.165, 1.54) is 16.0 Å². The Morgan fingerprint density at radius 1 is 1.08 bits per heavy atom. The molecule has 0 bridgehead atoms. The van der Waals surface area contributed by atoms with E-state index in [1.54, 1.807) is 11.8 Å². The zero-order chi connectivity index (χ0) is 10.0. The largest absolute Gasteiger partial charge is 0.257 e. The van der Waals surface area contributed by atoms with Crippen LogP contribution < -0.4 is 0 Å². The normalized spacial score (nSPS) is 10.2. The van der Waals surface area contributed by atoms with Crippen LogP contribution in [0.1, 0.15) is 22.5 Å². The predicted octanol–water partition coefficient (Wildman–Crippen LogP) is 3.55. The van der Waals surface area contributed by atoms with Gasteiger partial charge >= 0.3 is 0 Å². The van der Waals surface area contributed by atoms with Gasteiger partial charge in [-0.1, -0.05) is 18.3 Å². The van der Waals surface area contributed by atoms with Crippen LogP contribution in [-0.4, -0.2) is 4.98 Å². The highest BCUT2D eigenvalue weighted by Crippen LogP contribution is 2.28. The Balaban J connectivity index is 3.34. The summed E-state index contributed by atoms with van der Waals surface area (Å²) in [5.74, 6) is 0. The molecule has 0 aliphatic rings. The Morgan fingerprint density at radius 3 is 2.23 bits per heavy atom. The zero-order valence-corrected chi connectivity index (χ0v) is 9.46. The van der Waals surface area contributed by atoms with Gasteiger partial charge in [0.05, 0.1) is 5.69 Å². The van der Waals surface area contributed by atoms with Gasteiger partial charge in [-0.25, -0.2) is 0 Å². The van der Waals surface area contributed by atoms with Gasteiger partial charge in [-0.3, -0.25) is 4.98 Å². The van der Waals surface area contributed by atoms with Crippen molar-refractivity contribution >= 4 is 11.8 Å². The predicted molar refractivity (Wildman–Crippen MR) is 59.2 cm³/mol. The second-order valence-electron chi connectivity index (χ2n) is 3.15. The molecule has 1 aromatic heterocycles. The van der Waals surface area contributed by atoms with Crippen molar-refractivity contribution in [2.24, 2.45) is 0 Å². The number of hydrogen-bond acceptors (Lipinski definition) is 2. The number of pyridine rings is 1. The molecule has 0 aromatic carbocycles. The first-order chi connectivity index (χ1) is 6.07. The van der Waals surface area contributed by atoms with Crippen molar-refractivity contribution in [1.29, 1.82) is 0 Å². The van der Waals surface area contributed by atoms with E-state index in [9.17, 15) is 0 Å². The van der Waals surface area contributed by atoms with Gasteiger partial charge in [0.25, 0.3) is 0 Å². The molecule has 1 aromatic rings. The molecule has 0 N–H and O–H groups in total. The molecular weight excluding hydrogens is 178 g/mol. The quantitative estimate of drug-likeness (QED) is 0.666. The van der Waals surface area contributed by atoms with Crippen LogP contribution in [0, 0.1) is 27.7 Å². The van der Waals surface area contributed by atoms with E-state index in [4.69, 9.17) is 0 Å². The van der Waals surface area contributed by atoms with E-state index in [0.29, 0.717) is 0 Å². The van der Waals surface area contributed by atoms with Gasteiger partial charge < -0.3 is 0 Å². The van der Waals surface area contributed by atoms with Gasteiger partial charge in [0.15, 0.2) is 0 Å². The Hall–Kier alpha value is -0.760. The number of hydrogen-bond donors (Lipinski definition) is 0. The topological polar surface area (TPSA) is 12.9 Å². The lowest BCUT2D eigenvalue weighted by Crippen LogP contribution is -1.97. The third kappa shape index (κ3) is 1.94. The fourth-order valence-electron chi connectivity index (χ4n) is 1.36. The summed E-state index contributed by atoms with van der Waals surface area (Å²) in [6.07, 6.45) is 0. The first-order valence-corrected chi connectivity index (χ1v) is 5.17. The van der Waals surface area contributed by atoms with E-state index >= 15 is 0 Å². The molecule has 0 spiro atoms. The summed E-state index contributed by atoms with van der Waals surface area (Å²) in [4.78, 5) is 5.73. The van der Waals surface area contributed by atoms with Crippen molar-refractivity contribution in [1.82, 2.24) is 4.98 Å². The Bertz CT molecular complexity index is 342. The molecule has 0 amide bonds. The van der Waals surface area contributed by atoms with E-state index in [1.807, 2.05) is 12.3 Å². The summed E-state index contributed by atoms with van der Waals surface area (Å²) < 4.78 is 0. The van der Waals surface area contributed by atoms with E-state index in [0.717, 1.165) is 11.4 Å². The molecule has 1 heterocycles. The van der Waals surface area contributed by atoms with Crippen LogP contribution in [-0.2, 0) is 0 Å². The number of aromatic nitrogens is 1. The van der Waals surface area contributed by atoms with Gasteiger partial charge in [-0.15, -0.1) is 0 Å². The molecular formula is C11H15NS. The van der Waals surface area contributed by atoms with Gasteiger partial charge in [0.2, 0.25) is 0 Å². The first kappa shape index (κ1) is 10.3. The molecule has 0 radical (unpaired) electrons. The highest BCUT2D eigenvalue weighted by molar-refractivity contribution is 8.02. The van der Waals surface area contributed by atoms with Crippen molar-refractivity contribution in [2.75, 3.05) is 0 Å². The average molecular weight is 193 g/mol. The second kappa shape index (κ2) is 3.97. The minimum Gasteiger partial charge on any atom is -0.257 e. The van der Waals surface area contributed by atoms with Crippen molar-refractivity contribution in [3.05, 3.63) is 34.5 Å². The van der Waals surface area contributed by atoms with Crippen LogP contribution in [0.5, 0.6) is 0 Å². The van der Waals surface area contributed by atoms with Crippen LogP contribution in [0.25, 0.3) is 0 Å². The lowest BCUT2D eigenvalue weighted by Gasteiger charge is -2.11. The van der Waals surface area contributed by atoms with Gasteiger partial charge in [0, 0.05) is 10.6 Å². The van der Waals surface area contributed by atoms with Crippen molar-refractivity contribution < 1.29 is 0 Å². The number of nitrogens with zero attached hydrogens (tertiary/aromatic N) is 1. The van der Waals surface area contributed by atoms with Crippen molar-refractivity contribution in [3.63, 3.8) is 0 Å². The summed E-state index contributed by atoms with van der Waals surface area (Å²) in [7, 11) is 0. The Labute approximate surface area is 84.3 Å². The molecule has 13 heavy (non-hydrogen) atoms. The maximum Gasteiger partial charge on any atom is 0.0517 e. The summed E-state index contributed by atoms with van der Waals surface area (Å²) in [5.41, 5.74) is 4.85. The Morgan fingerprint density at radius 2 is 1.69 bits per heavy atom. The number of aryl methyl sites for hydroxylation is 2. The number of rotatable bonds is 2. The maximum atomic E-state index is 4.48. The van der Waals surface area contributed by atoms with Crippen LogP contribution in [0.3, 0.4) is 0 Å². The van der Waals surface area contributed by atoms with Crippen LogP contribution >= 0.6 is 11.8 Å². The maximum absolute atomic E-state index is 4.48. The third-order valence-corrected chi connectivity index (χ3v) is 3.31. The molecule has 1 rings (SSSR count). The summed E-state index contributed by atoms with van der Waals surface area (Å²) in [5, 5.41) is 1.85. The van der Waals surface area contributed by atoms with Crippen LogP contribution in [0.4, 0.5) is 0 Å². The molecule has 0 saturated carbocycles. The molecule has 1 nitrogen and oxygen atoms in total. The average Bonchev–Trinajstić information content (AvgIpc) is 2.09. The van der Waals surface area contributed by atoms with Crippen molar-refractivity contribution in [2.45, 2.75) is 32.6 Å². The molecule has 2 heteroatoms.